The summed E-state index contributed by atoms with van der Waals surface area (Å²) in [7, 11) is 0. The summed E-state index contributed by atoms with van der Waals surface area (Å²) in [6.07, 6.45) is 1.72. The van der Waals surface area contributed by atoms with Crippen LogP contribution in [0.1, 0.15) is 33.9 Å². The zero-order valence-corrected chi connectivity index (χ0v) is 16.6. The molecule has 1 fully saturated rings. The van der Waals surface area contributed by atoms with Gasteiger partial charge in [-0.25, -0.2) is 0 Å². The number of aromatic amines is 1. The number of carbonyl (C=O) groups excluding carboxylic acids is 2. The molecule has 4 aromatic rings. The van der Waals surface area contributed by atoms with Gasteiger partial charge in [0.05, 0.1) is 0 Å². The number of hydrogen-bond donors (Lipinski definition) is 2. The quantitative estimate of drug-likeness (QED) is 0.538. The number of nitrogens with one attached hydrogen (secondary N) is 2. The van der Waals surface area contributed by atoms with Crippen LogP contribution in [0.4, 0.5) is 0 Å². The van der Waals surface area contributed by atoms with E-state index >= 15 is 0 Å². The molecule has 2 aromatic carbocycles. The number of carbonyl (C=O) groups is 2. The third-order valence-corrected chi connectivity index (χ3v) is 5.86. The van der Waals surface area contributed by atoms with E-state index in [4.69, 9.17) is 4.42 Å². The van der Waals surface area contributed by atoms with Gasteiger partial charge in [0.1, 0.15) is 11.3 Å². The maximum atomic E-state index is 12.8. The van der Waals surface area contributed by atoms with Crippen molar-refractivity contribution in [2.75, 3.05) is 19.6 Å². The summed E-state index contributed by atoms with van der Waals surface area (Å²) in [4.78, 5) is 30.3. The molecule has 0 spiro atoms. The highest BCUT2D eigenvalue weighted by Crippen LogP contribution is 2.23. The van der Waals surface area contributed by atoms with E-state index < -0.39 is 0 Å². The van der Waals surface area contributed by atoms with Gasteiger partial charge in [0.2, 0.25) is 0 Å². The van der Waals surface area contributed by atoms with E-state index in [1.165, 1.54) is 0 Å². The van der Waals surface area contributed by atoms with Crippen LogP contribution in [0.3, 0.4) is 0 Å². The lowest BCUT2D eigenvalue weighted by Gasteiger charge is -2.31. The maximum absolute atomic E-state index is 12.8. The van der Waals surface area contributed by atoms with Crippen molar-refractivity contribution in [1.29, 1.82) is 0 Å². The van der Waals surface area contributed by atoms with E-state index in [0.29, 0.717) is 37.0 Å². The van der Waals surface area contributed by atoms with Gasteiger partial charge in [0, 0.05) is 35.9 Å². The molecule has 2 N–H and O–H groups in total. The Labute approximate surface area is 173 Å². The van der Waals surface area contributed by atoms with Gasteiger partial charge in [0.15, 0.2) is 5.76 Å². The number of furan rings is 1. The first-order valence-corrected chi connectivity index (χ1v) is 10.3. The van der Waals surface area contributed by atoms with E-state index in [-0.39, 0.29) is 11.8 Å². The molecule has 0 radical (unpaired) electrons. The Balaban J connectivity index is 1.15. The van der Waals surface area contributed by atoms with Crippen LogP contribution in [0.15, 0.2) is 65.1 Å². The summed E-state index contributed by atoms with van der Waals surface area (Å²) in [6.45, 7) is 1.95. The first-order chi connectivity index (χ1) is 14.7. The lowest BCUT2D eigenvalue weighted by Crippen LogP contribution is -2.41. The molecule has 6 nitrogen and oxygen atoms in total. The predicted molar refractivity (Wildman–Crippen MR) is 115 cm³/mol. The van der Waals surface area contributed by atoms with Crippen LogP contribution < -0.4 is 5.32 Å². The molecule has 2 amide bonds. The second-order valence-corrected chi connectivity index (χ2v) is 7.86. The number of rotatable bonds is 4. The van der Waals surface area contributed by atoms with Gasteiger partial charge < -0.3 is 19.6 Å². The Morgan fingerprint density at radius 3 is 2.50 bits per heavy atom. The van der Waals surface area contributed by atoms with Gasteiger partial charge in [-0.05, 0) is 43.0 Å². The van der Waals surface area contributed by atoms with Crippen LogP contribution in [-0.4, -0.2) is 41.3 Å². The van der Waals surface area contributed by atoms with E-state index in [1.807, 2.05) is 65.6 Å². The number of para-hydroxylation sites is 2. The summed E-state index contributed by atoms with van der Waals surface area (Å²) < 4.78 is 5.71. The Hall–Kier alpha value is -3.54. The highest BCUT2D eigenvalue weighted by atomic mass is 16.3. The molecular formula is C24H23N3O3. The van der Waals surface area contributed by atoms with Crippen molar-refractivity contribution in [2.45, 2.75) is 12.8 Å². The Morgan fingerprint density at radius 1 is 1.00 bits per heavy atom. The predicted octanol–water partition coefficient (Wildman–Crippen LogP) is 4.20. The number of likely N-dealkylation sites (tertiary alicyclic amines) is 1. The largest absolute Gasteiger partial charge is 0.451 e. The number of piperidine rings is 1. The lowest BCUT2D eigenvalue weighted by molar-refractivity contribution is 0.0655. The van der Waals surface area contributed by atoms with Crippen LogP contribution in [-0.2, 0) is 0 Å². The average Bonchev–Trinajstić information content (AvgIpc) is 3.41. The molecule has 0 bridgehead atoms. The fourth-order valence-electron chi connectivity index (χ4n) is 4.11. The molecule has 2 aromatic heterocycles. The van der Waals surface area contributed by atoms with Crippen molar-refractivity contribution in [3.05, 3.63) is 72.1 Å². The molecule has 0 atom stereocenters. The minimum atomic E-state index is -0.0908. The minimum absolute atomic E-state index is 0.0632. The summed E-state index contributed by atoms with van der Waals surface area (Å²) in [5, 5.41) is 5.00. The molecule has 1 saturated heterocycles. The van der Waals surface area contributed by atoms with Crippen molar-refractivity contribution in [1.82, 2.24) is 15.2 Å². The number of hydrogen-bond acceptors (Lipinski definition) is 3. The van der Waals surface area contributed by atoms with Crippen LogP contribution in [0.5, 0.6) is 0 Å². The Kier molecular flexibility index (Phi) is 4.75. The van der Waals surface area contributed by atoms with Crippen molar-refractivity contribution in [3.63, 3.8) is 0 Å². The van der Waals surface area contributed by atoms with Gasteiger partial charge in [-0.2, -0.15) is 0 Å². The Bertz CT molecular complexity index is 1150. The van der Waals surface area contributed by atoms with E-state index in [2.05, 4.69) is 10.3 Å². The monoisotopic (exact) mass is 401 g/mol. The zero-order chi connectivity index (χ0) is 20.5. The van der Waals surface area contributed by atoms with Crippen LogP contribution in [0, 0.1) is 5.92 Å². The third kappa shape index (κ3) is 3.56. The van der Waals surface area contributed by atoms with E-state index in [1.54, 1.807) is 0 Å². The first kappa shape index (κ1) is 18.5. The molecule has 0 aliphatic carbocycles. The maximum Gasteiger partial charge on any atom is 0.289 e. The fourth-order valence-corrected chi connectivity index (χ4v) is 4.11. The van der Waals surface area contributed by atoms with E-state index in [9.17, 15) is 9.59 Å². The number of aromatic nitrogens is 1. The van der Waals surface area contributed by atoms with Crippen molar-refractivity contribution in [3.8, 4) is 0 Å². The third-order valence-electron chi connectivity index (χ3n) is 5.86. The smallest absolute Gasteiger partial charge is 0.289 e. The normalized spacial score (nSPS) is 15.0. The topological polar surface area (TPSA) is 78.3 Å². The highest BCUT2D eigenvalue weighted by Gasteiger charge is 2.26. The van der Waals surface area contributed by atoms with Crippen LogP contribution >= 0.6 is 0 Å². The summed E-state index contributed by atoms with van der Waals surface area (Å²) in [5.41, 5.74) is 2.27. The average molecular weight is 401 g/mol. The summed E-state index contributed by atoms with van der Waals surface area (Å²) in [6, 6.07) is 19.2. The minimum Gasteiger partial charge on any atom is -0.451 e. The number of nitrogens with zero attached hydrogens (tertiary/aromatic N) is 1. The van der Waals surface area contributed by atoms with Gasteiger partial charge >= 0.3 is 0 Å². The van der Waals surface area contributed by atoms with Gasteiger partial charge in [-0.3, -0.25) is 9.59 Å². The molecule has 6 heteroatoms. The van der Waals surface area contributed by atoms with E-state index in [0.717, 1.165) is 34.7 Å². The van der Waals surface area contributed by atoms with Crippen molar-refractivity contribution < 1.29 is 14.0 Å². The van der Waals surface area contributed by atoms with Crippen molar-refractivity contribution >= 4 is 33.7 Å². The summed E-state index contributed by atoms with van der Waals surface area (Å²) in [5.74, 6) is 0.596. The van der Waals surface area contributed by atoms with Crippen molar-refractivity contribution in [2.24, 2.45) is 5.92 Å². The molecular weight excluding hydrogens is 378 g/mol. The molecule has 3 heterocycles. The number of H-pyrrole nitrogens is 1. The van der Waals surface area contributed by atoms with Crippen LogP contribution in [0.25, 0.3) is 21.9 Å². The zero-order valence-electron chi connectivity index (χ0n) is 16.6. The SMILES string of the molecule is O=C(NCC1CCN(C(=O)c2cc3ccccc3o2)CC1)c1cc2ccccc2[nH]1. The molecule has 30 heavy (non-hydrogen) atoms. The Morgan fingerprint density at radius 2 is 1.73 bits per heavy atom. The van der Waals surface area contributed by atoms with Gasteiger partial charge in [0.25, 0.3) is 11.8 Å². The van der Waals surface area contributed by atoms with Gasteiger partial charge in [-0.1, -0.05) is 36.4 Å². The second kappa shape index (κ2) is 7.71. The number of fused-ring (bicyclic) bond motifs is 2. The molecule has 152 valence electrons. The standard InChI is InChI=1S/C24H23N3O3/c28-23(20-13-17-5-1-3-7-19(17)26-20)25-15-16-9-11-27(12-10-16)24(29)22-14-18-6-2-4-8-21(18)30-22/h1-8,13-14,16,26H,9-12,15H2,(H,25,28). The molecule has 0 saturated carbocycles. The molecule has 1 aliphatic rings. The van der Waals surface area contributed by atoms with Gasteiger partial charge in [-0.15, -0.1) is 0 Å². The molecule has 1 aliphatic heterocycles. The highest BCUT2D eigenvalue weighted by molar-refractivity contribution is 5.98. The number of benzene rings is 2. The van der Waals surface area contributed by atoms with Crippen LogP contribution in [0.2, 0.25) is 0 Å². The number of amides is 2. The summed E-state index contributed by atoms with van der Waals surface area (Å²) >= 11 is 0. The molecule has 0 unspecified atom stereocenters. The first-order valence-electron chi connectivity index (χ1n) is 10.3. The molecule has 5 rings (SSSR count). The fraction of sp³-hybridized carbons (Fsp3) is 0.250. The second-order valence-electron chi connectivity index (χ2n) is 7.86. The lowest BCUT2D eigenvalue weighted by atomic mass is 9.96.